The second kappa shape index (κ2) is 50.8. The number of carbonyl (C=O) groups is 3. The summed E-state index contributed by atoms with van der Waals surface area (Å²) in [6.45, 7) is 11.4. The zero-order valence-corrected chi connectivity index (χ0v) is 43.9. The number of esters is 3. The highest BCUT2D eigenvalue weighted by Gasteiger charge is 2.19. The third kappa shape index (κ3) is 49.8. The lowest BCUT2D eigenvalue weighted by molar-refractivity contribution is -0.167. The molecule has 0 aliphatic rings. The summed E-state index contributed by atoms with van der Waals surface area (Å²) in [5.41, 5.74) is 0. The van der Waals surface area contributed by atoms with E-state index in [1.54, 1.807) is 0 Å². The third-order valence-corrected chi connectivity index (χ3v) is 13.6. The smallest absolute Gasteiger partial charge is 0.306 e. The number of rotatable bonds is 52. The Morgan fingerprint density at radius 3 is 0.891 bits per heavy atom. The first-order valence-electron chi connectivity index (χ1n) is 28.8. The van der Waals surface area contributed by atoms with Gasteiger partial charge in [-0.05, 0) is 31.1 Å². The van der Waals surface area contributed by atoms with E-state index in [1.165, 1.54) is 212 Å². The first-order chi connectivity index (χ1) is 31.3. The fourth-order valence-corrected chi connectivity index (χ4v) is 8.84. The van der Waals surface area contributed by atoms with Crippen molar-refractivity contribution in [3.8, 4) is 0 Å². The van der Waals surface area contributed by atoms with Gasteiger partial charge < -0.3 is 14.2 Å². The van der Waals surface area contributed by atoms with E-state index in [0.717, 1.165) is 69.6 Å². The average molecular weight is 906 g/mol. The molecule has 0 aromatic rings. The Labute approximate surface area is 399 Å². The van der Waals surface area contributed by atoms with Crippen LogP contribution >= 0.6 is 0 Å². The predicted octanol–water partition coefficient (Wildman–Crippen LogP) is 18.9. The Morgan fingerprint density at radius 2 is 0.594 bits per heavy atom. The molecular formula is C58H112O6. The molecule has 0 aromatic heterocycles. The van der Waals surface area contributed by atoms with Gasteiger partial charge in [-0.1, -0.05) is 285 Å². The Hall–Kier alpha value is -1.59. The van der Waals surface area contributed by atoms with Gasteiger partial charge in [0.25, 0.3) is 0 Å². The van der Waals surface area contributed by atoms with Gasteiger partial charge in [0.05, 0.1) is 0 Å². The van der Waals surface area contributed by atoms with Gasteiger partial charge in [-0.15, -0.1) is 0 Å². The standard InChI is InChI=1S/C58H112O6/c1-6-8-9-10-11-12-13-14-15-16-17-18-22-28-33-38-43-48-56(59)62-51-55(52-63-57(60)49-44-39-34-29-25-24-27-32-37-42-47-54(5)7-2)64-58(61)50-45-40-35-30-23-20-19-21-26-31-36-41-46-53(3)4/h53-55H,6-52H2,1-5H3/t54?,55-/m1/s1. The summed E-state index contributed by atoms with van der Waals surface area (Å²) >= 11 is 0. The first kappa shape index (κ1) is 62.4. The van der Waals surface area contributed by atoms with Crippen LogP contribution in [0.4, 0.5) is 0 Å². The van der Waals surface area contributed by atoms with Crippen LogP contribution in [0.2, 0.25) is 0 Å². The highest BCUT2D eigenvalue weighted by atomic mass is 16.6. The van der Waals surface area contributed by atoms with E-state index >= 15 is 0 Å². The highest BCUT2D eigenvalue weighted by molar-refractivity contribution is 5.71. The SMILES string of the molecule is CCCCCCCCCCCCCCCCCCCC(=O)OC[C@H](COC(=O)CCCCCCCCCCCCC(C)CC)OC(=O)CCCCCCCCCCCCCCC(C)C. The molecule has 0 saturated heterocycles. The van der Waals surface area contributed by atoms with Gasteiger partial charge in [-0.3, -0.25) is 14.4 Å². The van der Waals surface area contributed by atoms with Crippen LogP contribution < -0.4 is 0 Å². The second-order valence-corrected chi connectivity index (χ2v) is 20.6. The van der Waals surface area contributed by atoms with E-state index in [2.05, 4.69) is 34.6 Å². The van der Waals surface area contributed by atoms with Gasteiger partial charge in [0.15, 0.2) is 6.10 Å². The molecule has 0 radical (unpaired) electrons. The minimum atomic E-state index is -0.763. The Morgan fingerprint density at radius 1 is 0.328 bits per heavy atom. The summed E-state index contributed by atoms with van der Waals surface area (Å²) in [6, 6.07) is 0. The molecular weight excluding hydrogens is 793 g/mol. The monoisotopic (exact) mass is 905 g/mol. The van der Waals surface area contributed by atoms with Crippen molar-refractivity contribution in [1.29, 1.82) is 0 Å². The summed E-state index contributed by atoms with van der Waals surface area (Å²) in [7, 11) is 0. The zero-order valence-electron chi connectivity index (χ0n) is 43.9. The van der Waals surface area contributed by atoms with Crippen molar-refractivity contribution < 1.29 is 28.6 Å². The maximum atomic E-state index is 12.8. The van der Waals surface area contributed by atoms with Crippen molar-refractivity contribution in [1.82, 2.24) is 0 Å². The Balaban J connectivity index is 4.31. The van der Waals surface area contributed by atoms with Crippen molar-refractivity contribution in [2.75, 3.05) is 13.2 Å². The zero-order chi connectivity index (χ0) is 46.8. The van der Waals surface area contributed by atoms with Crippen molar-refractivity contribution >= 4 is 17.9 Å². The lowest BCUT2D eigenvalue weighted by Crippen LogP contribution is -2.30. The number of hydrogen-bond acceptors (Lipinski definition) is 6. The molecule has 0 aromatic carbocycles. The third-order valence-electron chi connectivity index (χ3n) is 13.6. The van der Waals surface area contributed by atoms with E-state index in [0.29, 0.717) is 19.3 Å². The minimum Gasteiger partial charge on any atom is -0.462 e. The van der Waals surface area contributed by atoms with E-state index < -0.39 is 6.10 Å². The maximum absolute atomic E-state index is 12.8. The molecule has 380 valence electrons. The van der Waals surface area contributed by atoms with Gasteiger partial charge in [0.2, 0.25) is 0 Å². The van der Waals surface area contributed by atoms with Crippen LogP contribution in [0.3, 0.4) is 0 Å². The highest BCUT2D eigenvalue weighted by Crippen LogP contribution is 2.18. The summed E-state index contributed by atoms with van der Waals surface area (Å²) < 4.78 is 16.9. The van der Waals surface area contributed by atoms with E-state index in [-0.39, 0.29) is 31.1 Å². The van der Waals surface area contributed by atoms with Crippen LogP contribution in [-0.2, 0) is 28.6 Å². The van der Waals surface area contributed by atoms with E-state index in [4.69, 9.17) is 14.2 Å². The summed E-state index contributed by atoms with van der Waals surface area (Å²) in [4.78, 5) is 38.1. The molecule has 6 heteroatoms. The topological polar surface area (TPSA) is 78.9 Å². The van der Waals surface area contributed by atoms with Crippen LogP contribution in [0.5, 0.6) is 0 Å². The van der Waals surface area contributed by atoms with Gasteiger partial charge in [-0.25, -0.2) is 0 Å². The lowest BCUT2D eigenvalue weighted by atomic mass is 9.99. The van der Waals surface area contributed by atoms with Crippen molar-refractivity contribution in [3.05, 3.63) is 0 Å². The molecule has 2 atom stereocenters. The van der Waals surface area contributed by atoms with Crippen molar-refractivity contribution in [2.24, 2.45) is 11.8 Å². The fraction of sp³-hybridized carbons (Fsp3) is 0.948. The van der Waals surface area contributed by atoms with E-state index in [1.807, 2.05) is 0 Å². The second-order valence-electron chi connectivity index (χ2n) is 20.6. The molecule has 6 nitrogen and oxygen atoms in total. The quantitative estimate of drug-likeness (QED) is 0.0344. The molecule has 0 N–H and O–H groups in total. The summed E-state index contributed by atoms with van der Waals surface area (Å²) in [6.07, 6.45) is 53.7. The molecule has 0 aliphatic heterocycles. The molecule has 0 rings (SSSR count). The van der Waals surface area contributed by atoms with Gasteiger partial charge in [0, 0.05) is 19.3 Å². The van der Waals surface area contributed by atoms with Crippen LogP contribution in [0, 0.1) is 11.8 Å². The number of carbonyl (C=O) groups excluding carboxylic acids is 3. The van der Waals surface area contributed by atoms with Crippen molar-refractivity contribution in [3.63, 3.8) is 0 Å². The van der Waals surface area contributed by atoms with Crippen molar-refractivity contribution in [2.45, 2.75) is 330 Å². The molecule has 0 bridgehead atoms. The molecule has 0 heterocycles. The fourth-order valence-electron chi connectivity index (χ4n) is 8.84. The Kier molecular flexibility index (Phi) is 49.6. The van der Waals surface area contributed by atoms with E-state index in [9.17, 15) is 14.4 Å². The average Bonchev–Trinajstić information content (AvgIpc) is 3.28. The summed E-state index contributed by atoms with van der Waals surface area (Å²) in [5, 5.41) is 0. The van der Waals surface area contributed by atoms with Crippen LogP contribution in [0.25, 0.3) is 0 Å². The number of unbranched alkanes of at least 4 members (excludes halogenated alkanes) is 36. The molecule has 0 fully saturated rings. The molecule has 0 amide bonds. The van der Waals surface area contributed by atoms with Gasteiger partial charge in [0.1, 0.15) is 13.2 Å². The number of hydrogen-bond donors (Lipinski definition) is 0. The normalized spacial score (nSPS) is 12.5. The van der Waals surface area contributed by atoms with Crippen LogP contribution in [-0.4, -0.2) is 37.2 Å². The largest absolute Gasteiger partial charge is 0.462 e. The Bertz CT molecular complexity index is 980. The molecule has 1 unspecified atom stereocenters. The minimum absolute atomic E-state index is 0.0629. The van der Waals surface area contributed by atoms with Gasteiger partial charge >= 0.3 is 17.9 Å². The summed E-state index contributed by atoms with van der Waals surface area (Å²) in [5.74, 6) is 0.861. The molecule has 0 saturated carbocycles. The predicted molar refractivity (Wildman–Crippen MR) is 275 cm³/mol. The molecule has 64 heavy (non-hydrogen) atoms. The number of ether oxygens (including phenoxy) is 3. The lowest BCUT2D eigenvalue weighted by Gasteiger charge is -2.18. The van der Waals surface area contributed by atoms with Crippen LogP contribution in [0.1, 0.15) is 324 Å². The molecule has 0 aliphatic carbocycles. The maximum Gasteiger partial charge on any atom is 0.306 e. The van der Waals surface area contributed by atoms with Crippen LogP contribution in [0.15, 0.2) is 0 Å². The van der Waals surface area contributed by atoms with Gasteiger partial charge in [-0.2, -0.15) is 0 Å². The first-order valence-corrected chi connectivity index (χ1v) is 28.8. The molecule has 0 spiro atoms.